The molecular weight excluding hydrogens is 412 g/mol. The fourth-order valence-corrected chi connectivity index (χ4v) is 5.82. The van der Waals surface area contributed by atoms with E-state index in [0.29, 0.717) is 17.6 Å². The van der Waals surface area contributed by atoms with Gasteiger partial charge >= 0.3 is 0 Å². The van der Waals surface area contributed by atoms with Crippen LogP contribution in [0, 0.1) is 0 Å². The van der Waals surface area contributed by atoms with Gasteiger partial charge in [-0.2, -0.15) is 4.31 Å². The molecule has 0 saturated carbocycles. The first-order valence-corrected chi connectivity index (χ1v) is 9.16. The number of ether oxygens (including phenoxy) is 1. The van der Waals surface area contributed by atoms with Crippen LogP contribution in [0.2, 0.25) is 0 Å². The van der Waals surface area contributed by atoms with Crippen LogP contribution in [-0.2, 0) is 14.8 Å². The van der Waals surface area contributed by atoms with E-state index in [1.807, 2.05) is 0 Å². The Morgan fingerprint density at radius 3 is 2.70 bits per heavy atom. The molecule has 1 unspecified atom stereocenters. The number of nitrogens with zero attached hydrogens (tertiary/aromatic N) is 1. The predicted octanol–water partition coefficient (Wildman–Crippen LogP) is 2.59. The third-order valence-electron chi connectivity index (χ3n) is 3.31. The summed E-state index contributed by atoms with van der Waals surface area (Å²) >= 11 is 6.58. The number of hydrogen-bond acceptors (Lipinski definition) is 4. The molecule has 1 saturated heterocycles. The summed E-state index contributed by atoms with van der Waals surface area (Å²) in [4.78, 5) is 0.123. The van der Waals surface area contributed by atoms with Crippen LogP contribution in [0.4, 0.5) is 5.69 Å². The second-order valence-electron chi connectivity index (χ2n) is 4.67. The Labute approximate surface area is 135 Å². The summed E-state index contributed by atoms with van der Waals surface area (Å²) in [5, 5.41) is 0. The molecular formula is C12H16Br2N2O3S. The number of halogens is 2. The number of anilines is 1. The highest BCUT2D eigenvalue weighted by Gasteiger charge is 2.33. The first-order chi connectivity index (χ1) is 9.36. The average Bonchev–Trinajstić information content (AvgIpc) is 2.37. The SMILES string of the molecule is COC1CCCN(S(=O)(=O)c2c(N)cc(Br)cc2Br)C1. The summed E-state index contributed by atoms with van der Waals surface area (Å²) in [5.41, 5.74) is 6.11. The van der Waals surface area contributed by atoms with Crippen molar-refractivity contribution in [2.24, 2.45) is 0 Å². The van der Waals surface area contributed by atoms with Crippen molar-refractivity contribution in [3.05, 3.63) is 21.1 Å². The van der Waals surface area contributed by atoms with E-state index in [2.05, 4.69) is 31.9 Å². The van der Waals surface area contributed by atoms with Gasteiger partial charge in [0.1, 0.15) is 4.90 Å². The Kier molecular flexibility index (Phi) is 5.12. The van der Waals surface area contributed by atoms with E-state index < -0.39 is 10.0 Å². The molecule has 1 aromatic carbocycles. The summed E-state index contributed by atoms with van der Waals surface area (Å²) in [6, 6.07) is 3.27. The van der Waals surface area contributed by atoms with Gasteiger partial charge in [-0.15, -0.1) is 0 Å². The Morgan fingerprint density at radius 1 is 1.40 bits per heavy atom. The van der Waals surface area contributed by atoms with Gasteiger partial charge in [0, 0.05) is 29.1 Å². The van der Waals surface area contributed by atoms with Gasteiger partial charge in [-0.25, -0.2) is 8.42 Å². The molecule has 0 bridgehead atoms. The van der Waals surface area contributed by atoms with E-state index >= 15 is 0 Å². The van der Waals surface area contributed by atoms with Crippen molar-refractivity contribution >= 4 is 47.6 Å². The zero-order valence-electron chi connectivity index (χ0n) is 11.0. The highest BCUT2D eigenvalue weighted by atomic mass is 79.9. The molecule has 5 nitrogen and oxygen atoms in total. The van der Waals surface area contributed by atoms with Gasteiger partial charge in [-0.05, 0) is 40.9 Å². The fourth-order valence-electron chi connectivity index (χ4n) is 2.30. The van der Waals surface area contributed by atoms with Crippen molar-refractivity contribution in [1.29, 1.82) is 0 Å². The van der Waals surface area contributed by atoms with Crippen LogP contribution in [0.5, 0.6) is 0 Å². The van der Waals surface area contributed by atoms with Gasteiger partial charge in [0.05, 0.1) is 11.8 Å². The Balaban J connectivity index is 2.40. The van der Waals surface area contributed by atoms with Gasteiger partial charge in [-0.3, -0.25) is 0 Å². The molecule has 0 amide bonds. The first-order valence-electron chi connectivity index (χ1n) is 6.13. The van der Waals surface area contributed by atoms with Crippen LogP contribution in [0.15, 0.2) is 26.0 Å². The van der Waals surface area contributed by atoms with Crippen molar-refractivity contribution in [3.63, 3.8) is 0 Å². The van der Waals surface area contributed by atoms with Gasteiger partial charge < -0.3 is 10.5 Å². The Morgan fingerprint density at radius 2 is 2.10 bits per heavy atom. The number of rotatable bonds is 3. The van der Waals surface area contributed by atoms with Crippen LogP contribution >= 0.6 is 31.9 Å². The van der Waals surface area contributed by atoms with Crippen LogP contribution in [0.1, 0.15) is 12.8 Å². The molecule has 0 radical (unpaired) electrons. The molecule has 2 N–H and O–H groups in total. The molecule has 0 aromatic heterocycles. The first kappa shape index (κ1) is 16.2. The van der Waals surface area contributed by atoms with E-state index in [-0.39, 0.29) is 16.7 Å². The summed E-state index contributed by atoms with van der Waals surface area (Å²) in [5.74, 6) is 0. The highest BCUT2D eigenvalue weighted by molar-refractivity contribution is 9.11. The Bertz CT molecular complexity index is 584. The Hall–Kier alpha value is -0.150. The summed E-state index contributed by atoms with van der Waals surface area (Å²) in [7, 11) is -2.02. The van der Waals surface area contributed by atoms with Crippen LogP contribution in [0.3, 0.4) is 0 Å². The largest absolute Gasteiger partial charge is 0.398 e. The van der Waals surface area contributed by atoms with E-state index in [9.17, 15) is 8.42 Å². The maximum atomic E-state index is 12.7. The molecule has 1 atom stereocenters. The lowest BCUT2D eigenvalue weighted by Gasteiger charge is -2.31. The number of nitrogens with two attached hydrogens (primary N) is 1. The minimum atomic E-state index is -3.62. The van der Waals surface area contributed by atoms with E-state index in [1.54, 1.807) is 19.2 Å². The molecule has 0 aliphatic carbocycles. The maximum Gasteiger partial charge on any atom is 0.246 e. The van der Waals surface area contributed by atoms with Gasteiger partial charge in [0.2, 0.25) is 10.0 Å². The summed E-state index contributed by atoms with van der Waals surface area (Å²) in [6.45, 7) is 0.852. The van der Waals surface area contributed by atoms with E-state index in [4.69, 9.17) is 10.5 Å². The summed E-state index contributed by atoms with van der Waals surface area (Å²) < 4.78 is 33.4. The zero-order chi connectivity index (χ0) is 14.9. The van der Waals surface area contributed by atoms with Crippen molar-refractivity contribution in [2.45, 2.75) is 23.8 Å². The van der Waals surface area contributed by atoms with E-state index in [1.165, 1.54) is 4.31 Å². The molecule has 1 heterocycles. The predicted molar refractivity (Wildman–Crippen MR) is 85.0 cm³/mol. The standard InChI is InChI=1S/C12H16Br2N2O3S/c1-19-9-3-2-4-16(7-9)20(17,18)12-10(14)5-8(13)6-11(12)15/h5-6,9H,2-4,7,15H2,1H3. The minimum absolute atomic E-state index is 0.0611. The molecule has 8 heteroatoms. The molecule has 1 aromatic rings. The number of hydrogen-bond donors (Lipinski definition) is 1. The normalized spacial score (nSPS) is 21.1. The number of piperidine rings is 1. The fraction of sp³-hybridized carbons (Fsp3) is 0.500. The van der Waals surface area contributed by atoms with Crippen LogP contribution in [0.25, 0.3) is 0 Å². The molecule has 1 aliphatic heterocycles. The van der Waals surface area contributed by atoms with Crippen molar-refractivity contribution in [1.82, 2.24) is 4.31 Å². The average molecular weight is 428 g/mol. The lowest BCUT2D eigenvalue weighted by molar-refractivity contribution is 0.0572. The highest BCUT2D eigenvalue weighted by Crippen LogP contribution is 2.34. The van der Waals surface area contributed by atoms with Crippen molar-refractivity contribution in [3.8, 4) is 0 Å². The minimum Gasteiger partial charge on any atom is -0.398 e. The van der Waals surface area contributed by atoms with Gasteiger partial charge in [-0.1, -0.05) is 15.9 Å². The third kappa shape index (κ3) is 3.19. The number of methoxy groups -OCH3 is 1. The molecule has 0 spiro atoms. The monoisotopic (exact) mass is 426 g/mol. The van der Waals surface area contributed by atoms with Crippen molar-refractivity contribution in [2.75, 3.05) is 25.9 Å². The smallest absolute Gasteiger partial charge is 0.246 e. The van der Waals surface area contributed by atoms with Crippen molar-refractivity contribution < 1.29 is 13.2 Å². The van der Waals surface area contributed by atoms with Gasteiger partial charge in [0.15, 0.2) is 0 Å². The summed E-state index contributed by atoms with van der Waals surface area (Å²) in [6.07, 6.45) is 1.60. The second-order valence-corrected chi connectivity index (χ2v) is 8.31. The van der Waals surface area contributed by atoms with Crippen LogP contribution in [-0.4, -0.2) is 39.0 Å². The topological polar surface area (TPSA) is 72.6 Å². The molecule has 112 valence electrons. The number of nitrogen functional groups attached to an aromatic ring is 1. The third-order valence-corrected chi connectivity index (χ3v) is 6.64. The van der Waals surface area contributed by atoms with Crippen LogP contribution < -0.4 is 5.73 Å². The molecule has 2 rings (SSSR count). The molecule has 20 heavy (non-hydrogen) atoms. The zero-order valence-corrected chi connectivity index (χ0v) is 15.0. The molecule has 1 aliphatic rings. The van der Waals surface area contributed by atoms with Gasteiger partial charge in [0.25, 0.3) is 0 Å². The molecule has 1 fully saturated rings. The van der Waals surface area contributed by atoms with E-state index in [0.717, 1.165) is 17.3 Å². The maximum absolute atomic E-state index is 12.7. The number of benzene rings is 1. The lowest BCUT2D eigenvalue weighted by atomic mass is 10.1. The second kappa shape index (κ2) is 6.31. The lowest BCUT2D eigenvalue weighted by Crippen LogP contribution is -2.43. The quantitative estimate of drug-likeness (QED) is 0.752. The number of sulfonamides is 1.